The van der Waals surface area contributed by atoms with Crippen LogP contribution >= 0.6 is 27.3 Å². The molecule has 1 heterocycles. The van der Waals surface area contributed by atoms with Crippen molar-refractivity contribution in [2.75, 3.05) is 13.7 Å². The van der Waals surface area contributed by atoms with Crippen LogP contribution in [-0.2, 0) is 17.7 Å². The fourth-order valence-electron chi connectivity index (χ4n) is 1.83. The van der Waals surface area contributed by atoms with E-state index in [0.717, 1.165) is 29.5 Å². The average molecular weight is 354 g/mol. The molecule has 1 N–H and O–H groups in total. The van der Waals surface area contributed by atoms with E-state index in [9.17, 15) is 4.79 Å². The molecule has 106 valence electrons. The Labute approximate surface area is 131 Å². The van der Waals surface area contributed by atoms with Gasteiger partial charge in [-0.2, -0.15) is 11.3 Å². The van der Waals surface area contributed by atoms with Gasteiger partial charge in [0.05, 0.1) is 12.7 Å². The highest BCUT2D eigenvalue weighted by atomic mass is 79.9. The summed E-state index contributed by atoms with van der Waals surface area (Å²) in [4.78, 5) is 11.4. The van der Waals surface area contributed by atoms with Gasteiger partial charge in [0.1, 0.15) is 0 Å². The van der Waals surface area contributed by atoms with Crippen molar-refractivity contribution in [1.29, 1.82) is 0 Å². The molecule has 2 rings (SSSR count). The number of thiophene rings is 1. The minimum atomic E-state index is -0.317. The van der Waals surface area contributed by atoms with E-state index in [1.807, 2.05) is 6.07 Å². The van der Waals surface area contributed by atoms with Crippen LogP contribution in [0.4, 0.5) is 0 Å². The lowest BCUT2D eigenvalue weighted by atomic mass is 10.1. The fraction of sp³-hybridized carbons (Fsp3) is 0.267. The highest BCUT2D eigenvalue weighted by Crippen LogP contribution is 2.19. The van der Waals surface area contributed by atoms with Crippen molar-refractivity contribution in [3.63, 3.8) is 0 Å². The van der Waals surface area contributed by atoms with Crippen LogP contribution in [0.15, 0.2) is 39.5 Å². The third-order valence-corrected chi connectivity index (χ3v) is 4.43. The standard InChI is InChI=1S/C15H16BrNO2S/c1-19-15(18)12-2-3-13(14(16)8-12)9-17-6-4-11-5-7-20-10-11/h2-3,5,7-8,10,17H,4,6,9H2,1H3. The number of nitrogens with one attached hydrogen (secondary N) is 1. The molecule has 0 unspecified atom stereocenters. The number of esters is 1. The monoisotopic (exact) mass is 353 g/mol. The summed E-state index contributed by atoms with van der Waals surface area (Å²) in [5, 5.41) is 7.67. The quantitative estimate of drug-likeness (QED) is 0.636. The molecule has 0 bridgehead atoms. The van der Waals surface area contributed by atoms with E-state index in [-0.39, 0.29) is 5.97 Å². The van der Waals surface area contributed by atoms with Crippen LogP contribution in [-0.4, -0.2) is 19.6 Å². The first-order valence-corrected chi connectivity index (χ1v) is 8.03. The molecule has 0 aliphatic carbocycles. The minimum Gasteiger partial charge on any atom is -0.465 e. The van der Waals surface area contributed by atoms with Gasteiger partial charge in [-0.15, -0.1) is 0 Å². The Bertz CT molecular complexity index is 569. The van der Waals surface area contributed by atoms with E-state index in [0.29, 0.717) is 5.56 Å². The molecule has 20 heavy (non-hydrogen) atoms. The lowest BCUT2D eigenvalue weighted by Gasteiger charge is -2.08. The number of rotatable bonds is 6. The maximum atomic E-state index is 11.4. The highest BCUT2D eigenvalue weighted by molar-refractivity contribution is 9.10. The van der Waals surface area contributed by atoms with Gasteiger partial charge in [0, 0.05) is 11.0 Å². The van der Waals surface area contributed by atoms with E-state index in [2.05, 4.69) is 38.1 Å². The third-order valence-electron chi connectivity index (χ3n) is 2.96. The van der Waals surface area contributed by atoms with Gasteiger partial charge in [0.2, 0.25) is 0 Å². The molecule has 2 aromatic rings. The molecular formula is C15H16BrNO2S. The van der Waals surface area contributed by atoms with Crippen molar-refractivity contribution in [3.05, 3.63) is 56.2 Å². The largest absolute Gasteiger partial charge is 0.465 e. The molecule has 0 saturated heterocycles. The van der Waals surface area contributed by atoms with Gasteiger partial charge in [-0.1, -0.05) is 22.0 Å². The maximum Gasteiger partial charge on any atom is 0.337 e. The van der Waals surface area contributed by atoms with Crippen LogP contribution in [0.3, 0.4) is 0 Å². The summed E-state index contributed by atoms with van der Waals surface area (Å²) in [5.41, 5.74) is 3.05. The van der Waals surface area contributed by atoms with Crippen LogP contribution in [0.1, 0.15) is 21.5 Å². The number of halogens is 1. The molecule has 0 spiro atoms. The van der Waals surface area contributed by atoms with Crippen LogP contribution in [0.5, 0.6) is 0 Å². The second-order valence-electron chi connectivity index (χ2n) is 4.36. The van der Waals surface area contributed by atoms with E-state index >= 15 is 0 Å². The molecule has 0 radical (unpaired) electrons. The maximum absolute atomic E-state index is 11.4. The van der Waals surface area contributed by atoms with Gasteiger partial charge in [0.25, 0.3) is 0 Å². The van der Waals surface area contributed by atoms with Crippen LogP contribution in [0, 0.1) is 0 Å². The van der Waals surface area contributed by atoms with Crippen molar-refractivity contribution in [3.8, 4) is 0 Å². The van der Waals surface area contributed by atoms with Crippen LogP contribution in [0.2, 0.25) is 0 Å². The zero-order chi connectivity index (χ0) is 14.4. The molecule has 5 heteroatoms. The van der Waals surface area contributed by atoms with Crippen molar-refractivity contribution in [2.45, 2.75) is 13.0 Å². The Kier molecular flexibility index (Phi) is 5.76. The zero-order valence-electron chi connectivity index (χ0n) is 11.2. The van der Waals surface area contributed by atoms with E-state index in [1.165, 1.54) is 12.7 Å². The highest BCUT2D eigenvalue weighted by Gasteiger charge is 2.08. The van der Waals surface area contributed by atoms with Gasteiger partial charge in [-0.05, 0) is 53.1 Å². The summed E-state index contributed by atoms with van der Waals surface area (Å²) in [6.07, 6.45) is 1.03. The Balaban J connectivity index is 1.85. The summed E-state index contributed by atoms with van der Waals surface area (Å²) >= 11 is 5.21. The summed E-state index contributed by atoms with van der Waals surface area (Å²) < 4.78 is 5.62. The molecular weight excluding hydrogens is 338 g/mol. The third kappa shape index (κ3) is 4.16. The first-order chi connectivity index (χ1) is 9.70. The average Bonchev–Trinajstić information content (AvgIpc) is 2.97. The Morgan fingerprint density at radius 3 is 2.90 bits per heavy atom. The van der Waals surface area contributed by atoms with Gasteiger partial charge >= 0.3 is 5.97 Å². The predicted molar refractivity (Wildman–Crippen MR) is 85.2 cm³/mol. The number of benzene rings is 1. The first kappa shape index (κ1) is 15.2. The number of carbonyl (C=O) groups is 1. The summed E-state index contributed by atoms with van der Waals surface area (Å²) in [6, 6.07) is 7.66. The van der Waals surface area contributed by atoms with Crippen LogP contribution in [0.25, 0.3) is 0 Å². The molecule has 1 aromatic carbocycles. The molecule has 0 atom stereocenters. The van der Waals surface area contributed by atoms with Crippen molar-refractivity contribution in [2.24, 2.45) is 0 Å². The summed E-state index contributed by atoms with van der Waals surface area (Å²) in [5.74, 6) is -0.317. The van der Waals surface area contributed by atoms with Crippen LogP contribution < -0.4 is 5.32 Å². The van der Waals surface area contributed by atoms with Gasteiger partial charge in [-0.25, -0.2) is 4.79 Å². The smallest absolute Gasteiger partial charge is 0.337 e. The van der Waals surface area contributed by atoms with Gasteiger partial charge in [0.15, 0.2) is 0 Å². The predicted octanol–water partition coefficient (Wildman–Crippen LogP) is 3.63. The number of methoxy groups -OCH3 is 1. The zero-order valence-corrected chi connectivity index (χ0v) is 13.6. The lowest BCUT2D eigenvalue weighted by Crippen LogP contribution is -2.17. The van der Waals surface area contributed by atoms with Crippen molar-refractivity contribution in [1.82, 2.24) is 5.32 Å². The number of ether oxygens (including phenoxy) is 1. The number of hydrogen-bond donors (Lipinski definition) is 1. The number of carbonyl (C=O) groups excluding carboxylic acids is 1. The summed E-state index contributed by atoms with van der Waals surface area (Å²) in [7, 11) is 1.39. The molecule has 1 aromatic heterocycles. The second-order valence-corrected chi connectivity index (χ2v) is 5.99. The summed E-state index contributed by atoms with van der Waals surface area (Å²) in [6.45, 7) is 1.70. The SMILES string of the molecule is COC(=O)c1ccc(CNCCc2ccsc2)c(Br)c1. The van der Waals surface area contributed by atoms with Crippen molar-refractivity contribution >= 4 is 33.2 Å². The van der Waals surface area contributed by atoms with E-state index in [1.54, 1.807) is 23.5 Å². The van der Waals surface area contributed by atoms with Gasteiger partial charge < -0.3 is 10.1 Å². The molecule has 3 nitrogen and oxygen atoms in total. The van der Waals surface area contributed by atoms with Gasteiger partial charge in [-0.3, -0.25) is 0 Å². The van der Waals surface area contributed by atoms with E-state index in [4.69, 9.17) is 4.74 Å². The molecule has 0 saturated carbocycles. The van der Waals surface area contributed by atoms with E-state index < -0.39 is 0 Å². The number of hydrogen-bond acceptors (Lipinski definition) is 4. The van der Waals surface area contributed by atoms with Crippen molar-refractivity contribution < 1.29 is 9.53 Å². The Morgan fingerprint density at radius 2 is 2.25 bits per heavy atom. The topological polar surface area (TPSA) is 38.3 Å². The molecule has 0 fully saturated rings. The molecule has 0 aliphatic rings. The molecule has 0 amide bonds. The fourth-order valence-corrected chi connectivity index (χ4v) is 3.05. The normalized spacial score (nSPS) is 10.5. The second kappa shape index (κ2) is 7.57. The first-order valence-electron chi connectivity index (χ1n) is 6.29. The minimum absolute atomic E-state index is 0.317. The Hall–Kier alpha value is -1.17. The lowest BCUT2D eigenvalue weighted by molar-refractivity contribution is 0.0600. The molecule has 0 aliphatic heterocycles. The Morgan fingerprint density at radius 1 is 1.40 bits per heavy atom.